The first-order valence-electron chi connectivity index (χ1n) is 6.32. The van der Waals surface area contributed by atoms with E-state index >= 15 is 0 Å². The molecule has 2 aliphatic rings. The van der Waals surface area contributed by atoms with Gasteiger partial charge in [-0.1, -0.05) is 12.8 Å². The van der Waals surface area contributed by atoms with E-state index < -0.39 is 0 Å². The molecule has 94 valence electrons. The Labute approximate surface area is 104 Å². The van der Waals surface area contributed by atoms with Crippen LogP contribution >= 0.6 is 12.4 Å². The Kier molecular flexibility index (Phi) is 6.14. The van der Waals surface area contributed by atoms with E-state index in [4.69, 9.17) is 0 Å². The van der Waals surface area contributed by atoms with Gasteiger partial charge in [-0.15, -0.1) is 12.4 Å². The lowest BCUT2D eigenvalue weighted by Gasteiger charge is -2.09. The third-order valence-corrected chi connectivity index (χ3v) is 3.51. The molecular formula is C12H23ClN2O. The highest BCUT2D eigenvalue weighted by atomic mass is 35.5. The monoisotopic (exact) mass is 246 g/mol. The van der Waals surface area contributed by atoms with Gasteiger partial charge in [0.2, 0.25) is 5.91 Å². The number of carbonyl (C=O) groups is 1. The molecule has 0 radical (unpaired) electrons. The van der Waals surface area contributed by atoms with Gasteiger partial charge in [0.05, 0.1) is 0 Å². The molecule has 2 rings (SSSR count). The molecular weight excluding hydrogens is 224 g/mol. The van der Waals surface area contributed by atoms with Crippen LogP contribution in [0.2, 0.25) is 0 Å². The standard InChI is InChI=1S/C12H22N2O.ClH/c15-12(4-3-10-1-2-10)14-8-6-11-5-7-13-9-11;/h10-11,13H,1-9H2,(H,14,15);1H. The summed E-state index contributed by atoms with van der Waals surface area (Å²) < 4.78 is 0. The molecule has 16 heavy (non-hydrogen) atoms. The molecule has 1 unspecified atom stereocenters. The molecule has 0 spiro atoms. The van der Waals surface area contributed by atoms with Crippen molar-refractivity contribution in [2.24, 2.45) is 11.8 Å². The highest BCUT2D eigenvalue weighted by Gasteiger charge is 2.21. The van der Waals surface area contributed by atoms with Gasteiger partial charge in [-0.2, -0.15) is 0 Å². The van der Waals surface area contributed by atoms with Gasteiger partial charge in [-0.3, -0.25) is 4.79 Å². The van der Waals surface area contributed by atoms with Gasteiger partial charge < -0.3 is 10.6 Å². The molecule has 2 N–H and O–H groups in total. The van der Waals surface area contributed by atoms with Crippen molar-refractivity contribution in [2.75, 3.05) is 19.6 Å². The van der Waals surface area contributed by atoms with Crippen LogP contribution < -0.4 is 10.6 Å². The zero-order valence-electron chi connectivity index (χ0n) is 9.84. The van der Waals surface area contributed by atoms with Crippen LogP contribution in [0.3, 0.4) is 0 Å². The molecule has 0 bridgehead atoms. The Balaban J connectivity index is 0.00000128. The fourth-order valence-electron chi connectivity index (χ4n) is 2.21. The molecule has 1 saturated carbocycles. The molecule has 1 heterocycles. The zero-order valence-corrected chi connectivity index (χ0v) is 10.7. The Hall–Kier alpha value is -0.280. The van der Waals surface area contributed by atoms with Crippen LogP contribution in [0, 0.1) is 11.8 Å². The van der Waals surface area contributed by atoms with E-state index in [1.807, 2.05) is 0 Å². The van der Waals surface area contributed by atoms with Crippen LogP contribution in [0.15, 0.2) is 0 Å². The number of amides is 1. The number of hydrogen-bond donors (Lipinski definition) is 2. The molecule has 3 nitrogen and oxygen atoms in total. The summed E-state index contributed by atoms with van der Waals surface area (Å²) >= 11 is 0. The quantitative estimate of drug-likeness (QED) is 0.749. The van der Waals surface area contributed by atoms with Crippen molar-refractivity contribution in [3.05, 3.63) is 0 Å². The van der Waals surface area contributed by atoms with E-state index in [2.05, 4.69) is 10.6 Å². The zero-order chi connectivity index (χ0) is 10.5. The van der Waals surface area contributed by atoms with Gasteiger partial charge in [0.25, 0.3) is 0 Å². The van der Waals surface area contributed by atoms with Crippen LogP contribution in [0.4, 0.5) is 0 Å². The van der Waals surface area contributed by atoms with Gasteiger partial charge in [0.15, 0.2) is 0 Å². The van der Waals surface area contributed by atoms with Crippen LogP contribution in [-0.2, 0) is 4.79 Å². The number of hydrogen-bond acceptors (Lipinski definition) is 2. The smallest absolute Gasteiger partial charge is 0.220 e. The van der Waals surface area contributed by atoms with Crippen molar-refractivity contribution < 1.29 is 4.79 Å². The van der Waals surface area contributed by atoms with Crippen molar-refractivity contribution in [3.63, 3.8) is 0 Å². The summed E-state index contributed by atoms with van der Waals surface area (Å²) in [6.07, 6.45) is 6.96. The van der Waals surface area contributed by atoms with Crippen molar-refractivity contribution in [1.82, 2.24) is 10.6 Å². The molecule has 1 atom stereocenters. The summed E-state index contributed by atoms with van der Waals surface area (Å²) in [4.78, 5) is 11.4. The minimum absolute atomic E-state index is 0. The van der Waals surface area contributed by atoms with E-state index in [1.165, 1.54) is 19.3 Å². The van der Waals surface area contributed by atoms with E-state index in [-0.39, 0.29) is 18.3 Å². The number of nitrogens with one attached hydrogen (secondary N) is 2. The number of halogens is 1. The maximum absolute atomic E-state index is 11.4. The highest BCUT2D eigenvalue weighted by molar-refractivity contribution is 5.85. The Morgan fingerprint density at radius 3 is 2.62 bits per heavy atom. The van der Waals surface area contributed by atoms with Gasteiger partial charge in [-0.05, 0) is 44.2 Å². The average Bonchev–Trinajstić information content (AvgIpc) is 2.92. The first-order chi connectivity index (χ1) is 7.34. The summed E-state index contributed by atoms with van der Waals surface area (Å²) in [5.41, 5.74) is 0. The van der Waals surface area contributed by atoms with Crippen molar-refractivity contribution in [2.45, 2.75) is 38.5 Å². The molecule has 0 aromatic rings. The molecule has 1 amide bonds. The molecule has 0 aromatic heterocycles. The van der Waals surface area contributed by atoms with Crippen LogP contribution in [0.5, 0.6) is 0 Å². The van der Waals surface area contributed by atoms with Crippen molar-refractivity contribution in [3.8, 4) is 0 Å². The second-order valence-electron chi connectivity index (χ2n) is 4.98. The van der Waals surface area contributed by atoms with E-state index in [0.717, 1.165) is 50.7 Å². The lowest BCUT2D eigenvalue weighted by atomic mass is 10.1. The predicted octanol–water partition coefficient (Wildman–Crippen LogP) is 1.71. The van der Waals surface area contributed by atoms with Crippen LogP contribution in [0.1, 0.15) is 38.5 Å². The largest absolute Gasteiger partial charge is 0.356 e. The molecule has 1 saturated heterocycles. The molecule has 1 aliphatic heterocycles. The summed E-state index contributed by atoms with van der Waals surface area (Å²) in [7, 11) is 0. The van der Waals surface area contributed by atoms with Gasteiger partial charge in [0, 0.05) is 13.0 Å². The topological polar surface area (TPSA) is 41.1 Å². The molecule has 4 heteroatoms. The molecule has 1 aliphatic carbocycles. The van der Waals surface area contributed by atoms with Gasteiger partial charge in [0.1, 0.15) is 0 Å². The fourth-order valence-corrected chi connectivity index (χ4v) is 2.21. The summed E-state index contributed by atoms with van der Waals surface area (Å²) in [6.45, 7) is 3.16. The van der Waals surface area contributed by atoms with Crippen molar-refractivity contribution >= 4 is 18.3 Å². The van der Waals surface area contributed by atoms with Crippen LogP contribution in [0.25, 0.3) is 0 Å². The normalized spacial score (nSPS) is 23.9. The van der Waals surface area contributed by atoms with Crippen LogP contribution in [-0.4, -0.2) is 25.5 Å². The second-order valence-corrected chi connectivity index (χ2v) is 4.98. The minimum atomic E-state index is 0. The number of carbonyl (C=O) groups excluding carboxylic acids is 1. The third kappa shape index (κ3) is 5.17. The summed E-state index contributed by atoms with van der Waals surface area (Å²) in [5.74, 6) is 1.91. The Morgan fingerprint density at radius 2 is 2.00 bits per heavy atom. The lowest BCUT2D eigenvalue weighted by molar-refractivity contribution is -0.121. The molecule has 2 fully saturated rings. The van der Waals surface area contributed by atoms with E-state index in [1.54, 1.807) is 0 Å². The summed E-state index contributed by atoms with van der Waals surface area (Å²) in [6, 6.07) is 0. The maximum Gasteiger partial charge on any atom is 0.220 e. The first-order valence-corrected chi connectivity index (χ1v) is 6.32. The predicted molar refractivity (Wildman–Crippen MR) is 67.8 cm³/mol. The molecule has 0 aromatic carbocycles. The minimum Gasteiger partial charge on any atom is -0.356 e. The maximum atomic E-state index is 11.4. The number of rotatable bonds is 6. The van der Waals surface area contributed by atoms with Gasteiger partial charge >= 0.3 is 0 Å². The Bertz CT molecular complexity index is 213. The summed E-state index contributed by atoms with van der Waals surface area (Å²) in [5, 5.41) is 6.37. The average molecular weight is 247 g/mol. The van der Waals surface area contributed by atoms with Gasteiger partial charge in [-0.25, -0.2) is 0 Å². The van der Waals surface area contributed by atoms with Crippen molar-refractivity contribution in [1.29, 1.82) is 0 Å². The first kappa shape index (κ1) is 13.8. The Morgan fingerprint density at radius 1 is 1.19 bits per heavy atom. The third-order valence-electron chi connectivity index (χ3n) is 3.51. The lowest BCUT2D eigenvalue weighted by Crippen LogP contribution is -2.26. The second kappa shape index (κ2) is 7.13. The highest BCUT2D eigenvalue weighted by Crippen LogP contribution is 2.33. The van der Waals surface area contributed by atoms with E-state index in [9.17, 15) is 4.79 Å². The van der Waals surface area contributed by atoms with E-state index in [0.29, 0.717) is 0 Å². The fraction of sp³-hybridized carbons (Fsp3) is 0.917. The SMILES string of the molecule is Cl.O=C(CCC1CC1)NCCC1CCNC1.